The summed E-state index contributed by atoms with van der Waals surface area (Å²) >= 11 is 0. The van der Waals surface area contributed by atoms with Crippen molar-refractivity contribution in [3.05, 3.63) is 12.2 Å². The Morgan fingerprint density at radius 2 is 1.00 bits per heavy atom. The predicted molar refractivity (Wildman–Crippen MR) is 106 cm³/mol. The molecule has 0 spiro atoms. The van der Waals surface area contributed by atoms with Gasteiger partial charge in [-0.2, -0.15) is 16.8 Å². The van der Waals surface area contributed by atoms with Gasteiger partial charge in [-0.25, -0.2) is 0 Å². The Balaban J connectivity index is 3.72. The minimum absolute atomic E-state index is 0.0701. The van der Waals surface area contributed by atoms with E-state index in [9.17, 15) is 16.8 Å². The van der Waals surface area contributed by atoms with Gasteiger partial charge < -0.3 is 0 Å². The number of unbranched alkanes of at least 4 members (excludes halogenated alkanes) is 6. The molecule has 0 unspecified atom stereocenters. The lowest BCUT2D eigenvalue weighted by Crippen LogP contribution is -2.11. The normalized spacial score (nSPS) is 12.8. The minimum Gasteiger partial charge on any atom is -0.270 e. The van der Waals surface area contributed by atoms with Crippen molar-refractivity contribution < 1.29 is 25.2 Å². The van der Waals surface area contributed by atoms with E-state index in [2.05, 4.69) is 13.8 Å². The van der Waals surface area contributed by atoms with Crippen LogP contribution in [0.2, 0.25) is 0 Å². The van der Waals surface area contributed by atoms with Crippen LogP contribution in [-0.2, 0) is 28.6 Å². The highest BCUT2D eigenvalue weighted by Gasteiger charge is 2.10. The fourth-order valence-electron chi connectivity index (χ4n) is 2.25. The summed E-state index contributed by atoms with van der Waals surface area (Å²) in [6.07, 6.45) is 11.8. The van der Waals surface area contributed by atoms with Crippen molar-refractivity contribution in [1.29, 1.82) is 0 Å². The average Bonchev–Trinajstić information content (AvgIpc) is 2.58. The maximum Gasteiger partial charge on any atom is 0.267 e. The van der Waals surface area contributed by atoms with E-state index >= 15 is 0 Å². The summed E-state index contributed by atoms with van der Waals surface area (Å²) in [5.41, 5.74) is 0. The predicted octanol–water partition coefficient (Wildman–Crippen LogP) is 4.18. The Morgan fingerprint density at radius 1 is 0.615 bits per heavy atom. The van der Waals surface area contributed by atoms with Crippen LogP contribution in [0.1, 0.15) is 78.1 Å². The molecule has 0 N–H and O–H groups in total. The average molecular weight is 413 g/mol. The van der Waals surface area contributed by atoms with Crippen LogP contribution in [0.3, 0.4) is 0 Å². The van der Waals surface area contributed by atoms with Gasteiger partial charge in [-0.3, -0.25) is 8.37 Å². The Labute approximate surface area is 160 Å². The number of rotatable bonds is 18. The van der Waals surface area contributed by atoms with Gasteiger partial charge >= 0.3 is 0 Å². The van der Waals surface area contributed by atoms with E-state index in [1.807, 2.05) is 0 Å². The van der Waals surface area contributed by atoms with E-state index in [1.165, 1.54) is 0 Å². The fraction of sp³-hybridized carbons (Fsp3) is 0.889. The summed E-state index contributed by atoms with van der Waals surface area (Å²) in [4.78, 5) is 0. The van der Waals surface area contributed by atoms with Crippen LogP contribution in [0.25, 0.3) is 0 Å². The van der Waals surface area contributed by atoms with Crippen molar-refractivity contribution in [2.45, 2.75) is 78.1 Å². The molecule has 0 saturated heterocycles. The topological polar surface area (TPSA) is 86.7 Å². The molecule has 0 amide bonds. The van der Waals surface area contributed by atoms with Gasteiger partial charge in [0.2, 0.25) is 0 Å². The van der Waals surface area contributed by atoms with Gasteiger partial charge in [0.1, 0.15) is 0 Å². The highest BCUT2D eigenvalue weighted by atomic mass is 32.2. The molecule has 0 aliphatic heterocycles. The number of hydrogen-bond donors (Lipinski definition) is 0. The third kappa shape index (κ3) is 17.0. The fourth-order valence-corrected chi connectivity index (χ4v) is 4.30. The van der Waals surface area contributed by atoms with Crippen LogP contribution in [0, 0.1) is 0 Å². The lowest BCUT2D eigenvalue weighted by molar-refractivity contribution is 0.319. The molecular weight excluding hydrogens is 376 g/mol. The van der Waals surface area contributed by atoms with Gasteiger partial charge in [0.05, 0.1) is 24.7 Å². The molecule has 0 aromatic rings. The molecule has 0 aliphatic carbocycles. The van der Waals surface area contributed by atoms with Crippen molar-refractivity contribution >= 4 is 20.2 Å². The van der Waals surface area contributed by atoms with Gasteiger partial charge in [0.25, 0.3) is 20.2 Å². The molecule has 0 radical (unpaired) electrons. The van der Waals surface area contributed by atoms with Gasteiger partial charge in [-0.15, -0.1) is 0 Å². The van der Waals surface area contributed by atoms with Crippen LogP contribution < -0.4 is 0 Å². The van der Waals surface area contributed by atoms with Crippen LogP contribution >= 0.6 is 0 Å². The minimum atomic E-state index is -3.43. The van der Waals surface area contributed by atoms with E-state index in [0.717, 1.165) is 38.5 Å². The van der Waals surface area contributed by atoms with E-state index in [1.54, 1.807) is 12.2 Å². The van der Waals surface area contributed by atoms with Crippen molar-refractivity contribution in [3.8, 4) is 0 Å². The molecule has 156 valence electrons. The third-order valence-corrected chi connectivity index (χ3v) is 6.39. The van der Waals surface area contributed by atoms with E-state index in [-0.39, 0.29) is 24.7 Å². The standard InChI is InChI=1S/C18H36O6S2/c1-3-5-7-13-17-25(19,20)23-15-11-9-10-12-16-24-26(21,22)18-14-8-6-4-2/h9-10H,3-8,11-18H2,1-2H3. The van der Waals surface area contributed by atoms with Crippen molar-refractivity contribution in [2.24, 2.45) is 0 Å². The summed E-state index contributed by atoms with van der Waals surface area (Å²) in [5.74, 6) is 0.140. The summed E-state index contributed by atoms with van der Waals surface area (Å²) in [6.45, 7) is 4.38. The largest absolute Gasteiger partial charge is 0.270 e. The Kier molecular flexibility index (Phi) is 15.3. The Morgan fingerprint density at radius 3 is 1.35 bits per heavy atom. The smallest absolute Gasteiger partial charge is 0.267 e. The molecule has 8 heteroatoms. The second kappa shape index (κ2) is 15.6. The molecule has 26 heavy (non-hydrogen) atoms. The van der Waals surface area contributed by atoms with Crippen molar-refractivity contribution in [1.82, 2.24) is 0 Å². The van der Waals surface area contributed by atoms with Gasteiger partial charge in [-0.1, -0.05) is 64.5 Å². The summed E-state index contributed by atoms with van der Waals surface area (Å²) < 4.78 is 56.4. The van der Waals surface area contributed by atoms with Crippen LogP contribution in [-0.4, -0.2) is 41.6 Å². The summed E-state index contributed by atoms with van der Waals surface area (Å²) in [5, 5.41) is 0. The van der Waals surface area contributed by atoms with E-state index < -0.39 is 20.2 Å². The Bertz CT molecular complexity index is 502. The second-order valence-corrected chi connectivity index (χ2v) is 9.86. The quantitative estimate of drug-likeness (QED) is 0.191. The molecule has 0 aromatic carbocycles. The first kappa shape index (κ1) is 25.6. The summed E-state index contributed by atoms with van der Waals surface area (Å²) in [7, 11) is -6.86. The Hall–Kier alpha value is -0.440. The molecule has 0 atom stereocenters. The first-order valence-electron chi connectivity index (χ1n) is 9.72. The molecule has 0 bridgehead atoms. The van der Waals surface area contributed by atoms with Gasteiger partial charge in [0.15, 0.2) is 0 Å². The zero-order valence-electron chi connectivity index (χ0n) is 16.3. The molecule has 0 aromatic heterocycles. The summed E-state index contributed by atoms with van der Waals surface area (Å²) in [6, 6.07) is 0. The molecule has 0 rings (SSSR count). The van der Waals surface area contributed by atoms with Crippen molar-refractivity contribution in [2.75, 3.05) is 24.7 Å². The molecule has 0 aliphatic rings. The molecule has 0 saturated carbocycles. The number of hydrogen-bond acceptors (Lipinski definition) is 6. The molecule has 0 heterocycles. The van der Waals surface area contributed by atoms with Crippen LogP contribution in [0.5, 0.6) is 0 Å². The zero-order valence-corrected chi connectivity index (χ0v) is 18.0. The molecule has 0 fully saturated rings. The first-order chi connectivity index (χ1) is 12.3. The highest BCUT2D eigenvalue weighted by Crippen LogP contribution is 2.06. The van der Waals surface area contributed by atoms with E-state index in [4.69, 9.17) is 8.37 Å². The maximum absolute atomic E-state index is 11.6. The van der Waals surface area contributed by atoms with Crippen LogP contribution in [0.4, 0.5) is 0 Å². The molecule has 6 nitrogen and oxygen atoms in total. The van der Waals surface area contributed by atoms with Crippen molar-refractivity contribution in [3.63, 3.8) is 0 Å². The van der Waals surface area contributed by atoms with Gasteiger partial charge in [-0.05, 0) is 25.7 Å². The third-order valence-electron chi connectivity index (χ3n) is 3.76. The SMILES string of the molecule is CCCCCCS(=O)(=O)OCCC=CCCOS(=O)(=O)CCCCCC. The second-order valence-electron chi connectivity index (χ2n) is 6.34. The van der Waals surface area contributed by atoms with Crippen LogP contribution in [0.15, 0.2) is 12.2 Å². The van der Waals surface area contributed by atoms with Gasteiger partial charge in [0, 0.05) is 0 Å². The lowest BCUT2D eigenvalue weighted by atomic mass is 10.2. The first-order valence-corrected chi connectivity index (χ1v) is 12.9. The lowest BCUT2D eigenvalue weighted by Gasteiger charge is -2.04. The maximum atomic E-state index is 11.6. The zero-order chi connectivity index (χ0) is 19.7. The monoisotopic (exact) mass is 412 g/mol. The molecular formula is C18H36O6S2. The highest BCUT2D eigenvalue weighted by molar-refractivity contribution is 7.86. The van der Waals surface area contributed by atoms with E-state index in [0.29, 0.717) is 25.7 Å².